The maximum absolute atomic E-state index is 13.0. The van der Waals surface area contributed by atoms with Gasteiger partial charge in [-0.05, 0) is 38.5 Å². The van der Waals surface area contributed by atoms with Gasteiger partial charge in [0, 0.05) is 6.42 Å². The Bertz CT molecular complexity index is 971. The average Bonchev–Trinajstić information content (AvgIpc) is 3.13. The number of rotatable bonds is 7. The number of ether oxygens (including phenoxy) is 3. The molecule has 2 atom stereocenters. The summed E-state index contributed by atoms with van der Waals surface area (Å²) in [4.78, 5) is 39.1. The number of hydrogen-bond acceptors (Lipinski definition) is 6. The molecule has 176 valence electrons. The highest BCUT2D eigenvalue weighted by atomic mass is 16.6. The van der Waals surface area contributed by atoms with Crippen LogP contribution in [-0.2, 0) is 25.6 Å². The predicted molar refractivity (Wildman–Crippen MR) is 120 cm³/mol. The van der Waals surface area contributed by atoms with Crippen molar-refractivity contribution in [3.8, 4) is 0 Å². The van der Waals surface area contributed by atoms with Gasteiger partial charge >= 0.3 is 18.0 Å². The van der Waals surface area contributed by atoms with Crippen molar-refractivity contribution in [3.05, 3.63) is 71.8 Å². The van der Waals surface area contributed by atoms with E-state index in [0.717, 1.165) is 10.5 Å². The molecule has 1 fully saturated rings. The summed E-state index contributed by atoms with van der Waals surface area (Å²) in [6.07, 6.45) is -1.75. The molecule has 2 aromatic carbocycles. The summed E-state index contributed by atoms with van der Waals surface area (Å²) < 4.78 is 16.8. The fourth-order valence-electron chi connectivity index (χ4n) is 3.68. The molecule has 1 aliphatic heterocycles. The lowest BCUT2D eigenvalue weighted by atomic mass is 9.96. The lowest BCUT2D eigenvalue weighted by molar-refractivity contribution is -0.154. The number of carboxylic acids is 1. The summed E-state index contributed by atoms with van der Waals surface area (Å²) in [6, 6.07) is 17.7. The van der Waals surface area contributed by atoms with Gasteiger partial charge in [-0.1, -0.05) is 48.5 Å². The molecule has 3 rings (SSSR count). The van der Waals surface area contributed by atoms with Crippen LogP contribution in [0.3, 0.4) is 0 Å². The number of carbonyl (C=O) groups is 3. The molecule has 0 aromatic heterocycles. The van der Waals surface area contributed by atoms with Gasteiger partial charge in [0.2, 0.25) is 0 Å². The number of likely N-dealkylation sites (tertiary alicyclic amines) is 1. The first-order valence-corrected chi connectivity index (χ1v) is 10.7. The van der Waals surface area contributed by atoms with Gasteiger partial charge < -0.3 is 19.3 Å². The van der Waals surface area contributed by atoms with Crippen LogP contribution in [0.5, 0.6) is 0 Å². The molecule has 1 saturated heterocycles. The third-order valence-electron chi connectivity index (χ3n) is 5.22. The number of nitrogens with zero attached hydrogens (tertiary/aromatic N) is 1. The van der Waals surface area contributed by atoms with Crippen LogP contribution in [0.4, 0.5) is 4.79 Å². The smallest absolute Gasteiger partial charge is 0.411 e. The lowest BCUT2D eigenvalue weighted by Gasteiger charge is -2.35. The minimum absolute atomic E-state index is 0.116. The van der Waals surface area contributed by atoms with Gasteiger partial charge in [-0.3, -0.25) is 4.90 Å². The lowest BCUT2D eigenvalue weighted by Crippen LogP contribution is -2.57. The molecule has 0 aliphatic carbocycles. The summed E-state index contributed by atoms with van der Waals surface area (Å²) >= 11 is 0. The van der Waals surface area contributed by atoms with E-state index in [9.17, 15) is 19.5 Å². The van der Waals surface area contributed by atoms with Gasteiger partial charge in [-0.25, -0.2) is 14.4 Å². The number of esters is 1. The Morgan fingerprint density at radius 1 is 1.03 bits per heavy atom. The molecule has 0 saturated carbocycles. The van der Waals surface area contributed by atoms with E-state index in [2.05, 4.69) is 0 Å². The molecule has 0 radical (unpaired) electrons. The van der Waals surface area contributed by atoms with Crippen molar-refractivity contribution < 1.29 is 33.7 Å². The van der Waals surface area contributed by atoms with E-state index in [0.29, 0.717) is 5.56 Å². The van der Waals surface area contributed by atoms with Crippen LogP contribution in [0, 0.1) is 0 Å². The van der Waals surface area contributed by atoms with E-state index in [1.807, 2.05) is 30.3 Å². The zero-order valence-electron chi connectivity index (χ0n) is 19.0. The molecule has 1 amide bonds. The third kappa shape index (κ3) is 6.10. The minimum Gasteiger partial charge on any atom is -0.479 e. The maximum Gasteiger partial charge on any atom is 0.411 e. The highest BCUT2D eigenvalue weighted by molar-refractivity contribution is 5.90. The second-order valence-electron chi connectivity index (χ2n) is 9.00. The van der Waals surface area contributed by atoms with E-state index >= 15 is 0 Å². The predicted octanol–water partition coefficient (Wildman–Crippen LogP) is 3.89. The molecule has 1 heterocycles. The molecule has 0 unspecified atom stereocenters. The number of carboxylic acid groups (broad SMARTS) is 1. The Hall–Kier alpha value is -3.39. The summed E-state index contributed by atoms with van der Waals surface area (Å²) in [7, 11) is 0. The van der Waals surface area contributed by atoms with Crippen LogP contribution in [-0.4, -0.2) is 58.4 Å². The van der Waals surface area contributed by atoms with Crippen LogP contribution < -0.4 is 0 Å². The first kappa shape index (κ1) is 24.3. The highest BCUT2D eigenvalue weighted by Gasteiger charge is 2.56. The quantitative estimate of drug-likeness (QED) is 0.632. The fraction of sp³-hybridized carbons (Fsp3) is 0.400. The molecule has 0 bridgehead atoms. The Kier molecular flexibility index (Phi) is 7.38. The zero-order valence-corrected chi connectivity index (χ0v) is 19.0. The van der Waals surface area contributed by atoms with Crippen molar-refractivity contribution in [2.45, 2.75) is 51.0 Å². The molecular weight excluding hydrogens is 426 g/mol. The second-order valence-corrected chi connectivity index (χ2v) is 9.00. The van der Waals surface area contributed by atoms with Crippen LogP contribution in [0.25, 0.3) is 0 Å². The Labute approximate surface area is 193 Å². The monoisotopic (exact) mass is 455 g/mol. The van der Waals surface area contributed by atoms with Crippen LogP contribution in [0.15, 0.2) is 60.7 Å². The van der Waals surface area contributed by atoms with Crippen molar-refractivity contribution in [2.75, 3.05) is 13.2 Å². The van der Waals surface area contributed by atoms with Crippen molar-refractivity contribution in [1.82, 2.24) is 4.90 Å². The largest absolute Gasteiger partial charge is 0.479 e. The van der Waals surface area contributed by atoms with Crippen LogP contribution >= 0.6 is 0 Å². The normalized spacial score (nSPS) is 20.3. The molecule has 1 N–H and O–H groups in total. The van der Waals surface area contributed by atoms with Crippen molar-refractivity contribution in [3.63, 3.8) is 0 Å². The SMILES string of the molecule is CC(C)(C)OC(=O)N1C[C@H](OC(=O)c2ccccc2)C[C@]1(COCc1ccccc1)C(=O)O. The molecule has 8 nitrogen and oxygen atoms in total. The van der Waals surface area contributed by atoms with Gasteiger partial charge in [0.25, 0.3) is 0 Å². The van der Waals surface area contributed by atoms with Crippen molar-refractivity contribution in [2.24, 2.45) is 0 Å². The van der Waals surface area contributed by atoms with Crippen LogP contribution in [0.1, 0.15) is 43.1 Å². The average molecular weight is 456 g/mol. The number of amides is 1. The summed E-state index contributed by atoms with van der Waals surface area (Å²) in [5.41, 5.74) is -1.36. The molecule has 0 spiro atoms. The number of carbonyl (C=O) groups excluding carboxylic acids is 2. The summed E-state index contributed by atoms with van der Waals surface area (Å²) in [6.45, 7) is 4.86. The Morgan fingerprint density at radius 2 is 1.64 bits per heavy atom. The number of benzene rings is 2. The van der Waals surface area contributed by atoms with E-state index in [-0.39, 0.29) is 26.2 Å². The van der Waals surface area contributed by atoms with Gasteiger partial charge in [-0.15, -0.1) is 0 Å². The maximum atomic E-state index is 13.0. The van der Waals surface area contributed by atoms with E-state index in [4.69, 9.17) is 14.2 Å². The first-order chi connectivity index (χ1) is 15.6. The summed E-state index contributed by atoms with van der Waals surface area (Å²) in [5, 5.41) is 10.2. The standard InChI is InChI=1S/C25H29NO7/c1-24(2,3)33-23(30)26-15-20(32-21(27)19-12-8-5-9-13-19)14-25(26,22(28)29)17-31-16-18-10-6-4-7-11-18/h4-13,20H,14-17H2,1-3H3,(H,28,29)/t20-,25+/m1/s1. The van der Waals surface area contributed by atoms with E-state index in [1.54, 1.807) is 51.1 Å². The minimum atomic E-state index is -1.74. The van der Waals surface area contributed by atoms with Crippen LogP contribution in [0.2, 0.25) is 0 Å². The van der Waals surface area contributed by atoms with Crippen molar-refractivity contribution in [1.29, 1.82) is 0 Å². The Morgan fingerprint density at radius 3 is 2.21 bits per heavy atom. The molecular formula is C25H29NO7. The molecule has 2 aromatic rings. The zero-order chi connectivity index (χ0) is 24.1. The number of aliphatic carboxylic acids is 1. The third-order valence-corrected chi connectivity index (χ3v) is 5.22. The topological polar surface area (TPSA) is 102 Å². The molecule has 8 heteroatoms. The van der Waals surface area contributed by atoms with Gasteiger partial charge in [0.1, 0.15) is 11.7 Å². The Balaban J connectivity index is 1.81. The summed E-state index contributed by atoms with van der Waals surface area (Å²) in [5.74, 6) is -1.84. The van der Waals surface area contributed by atoms with E-state index in [1.165, 1.54) is 0 Å². The van der Waals surface area contributed by atoms with Gasteiger partial charge in [-0.2, -0.15) is 0 Å². The highest BCUT2D eigenvalue weighted by Crippen LogP contribution is 2.34. The van der Waals surface area contributed by atoms with E-state index < -0.39 is 35.3 Å². The molecule has 33 heavy (non-hydrogen) atoms. The van der Waals surface area contributed by atoms with Gasteiger partial charge in [0.15, 0.2) is 5.54 Å². The van der Waals surface area contributed by atoms with Gasteiger partial charge in [0.05, 0.1) is 25.3 Å². The number of hydrogen-bond donors (Lipinski definition) is 1. The van der Waals surface area contributed by atoms with Crippen molar-refractivity contribution >= 4 is 18.0 Å². The second kappa shape index (κ2) is 10.0. The molecule has 1 aliphatic rings. The first-order valence-electron chi connectivity index (χ1n) is 10.7. The fourth-order valence-corrected chi connectivity index (χ4v) is 3.68.